The first-order valence-corrected chi connectivity index (χ1v) is 11.4. The molecule has 1 saturated heterocycles. The highest BCUT2D eigenvalue weighted by Crippen LogP contribution is 2.26. The largest absolute Gasteiger partial charge is 0.373 e. The van der Waals surface area contributed by atoms with Crippen molar-refractivity contribution in [2.75, 3.05) is 30.9 Å². The Morgan fingerprint density at radius 2 is 2.10 bits per heavy atom. The van der Waals surface area contributed by atoms with Crippen LogP contribution in [0.5, 0.6) is 0 Å². The number of halogens is 2. The Balaban J connectivity index is 1.63. The number of imidazole rings is 1. The fraction of sp³-hybridized carbons (Fsp3) is 0.444. The summed E-state index contributed by atoms with van der Waals surface area (Å²) >= 11 is 0. The average Bonchev–Trinajstić information content (AvgIpc) is 3.16. The summed E-state index contributed by atoms with van der Waals surface area (Å²) in [7, 11) is -3.34. The molecule has 0 bridgehead atoms. The second-order valence-corrected chi connectivity index (χ2v) is 9.03. The molecule has 0 spiro atoms. The zero-order valence-corrected chi connectivity index (χ0v) is 17.6. The van der Waals surface area contributed by atoms with Crippen molar-refractivity contribution in [3.63, 3.8) is 0 Å². The molecule has 1 N–H and O–H groups in total. The Morgan fingerprint density at radius 3 is 2.84 bits per heavy atom. The number of nitrogens with zero attached hydrogens (tertiary/aromatic N) is 6. The van der Waals surface area contributed by atoms with Crippen LogP contribution in [-0.4, -0.2) is 71.1 Å². The van der Waals surface area contributed by atoms with E-state index in [1.54, 1.807) is 6.07 Å². The van der Waals surface area contributed by atoms with Gasteiger partial charge >= 0.3 is 0 Å². The third-order valence-corrected chi connectivity index (χ3v) is 5.75. The van der Waals surface area contributed by atoms with Crippen LogP contribution < -0.4 is 9.62 Å². The molecule has 3 aromatic rings. The second kappa shape index (κ2) is 8.40. The zero-order chi connectivity index (χ0) is 22.2. The van der Waals surface area contributed by atoms with Gasteiger partial charge < -0.3 is 9.64 Å². The molecule has 0 aliphatic carbocycles. The minimum absolute atomic E-state index is 0.141. The number of sulfonamides is 1. The summed E-state index contributed by atoms with van der Waals surface area (Å²) in [6, 6.07) is 4.27. The molecule has 2 unspecified atom stereocenters. The highest BCUT2D eigenvalue weighted by Gasteiger charge is 2.30. The maximum atomic E-state index is 13.1. The second-order valence-electron chi connectivity index (χ2n) is 7.20. The molecule has 2 atom stereocenters. The van der Waals surface area contributed by atoms with Crippen molar-refractivity contribution >= 4 is 21.5 Å². The van der Waals surface area contributed by atoms with Crippen molar-refractivity contribution in [1.82, 2.24) is 29.3 Å². The van der Waals surface area contributed by atoms with Crippen LogP contribution in [-0.2, 0) is 14.8 Å². The number of hydrogen-bond donors (Lipinski definition) is 1. The van der Waals surface area contributed by atoms with E-state index in [4.69, 9.17) is 4.74 Å². The molecular weight excluding hydrogens is 432 g/mol. The van der Waals surface area contributed by atoms with Gasteiger partial charge in [-0.25, -0.2) is 41.4 Å². The molecule has 0 saturated carbocycles. The van der Waals surface area contributed by atoms with E-state index in [0.29, 0.717) is 36.0 Å². The van der Waals surface area contributed by atoms with Crippen LogP contribution in [0.15, 0.2) is 30.7 Å². The molecule has 13 heteroatoms. The molecule has 1 fully saturated rings. The van der Waals surface area contributed by atoms with E-state index in [0.717, 1.165) is 6.26 Å². The summed E-state index contributed by atoms with van der Waals surface area (Å²) in [6.07, 6.45) is 0.927. The molecule has 0 radical (unpaired) electrons. The molecule has 4 heterocycles. The molecule has 1 aliphatic heterocycles. The van der Waals surface area contributed by atoms with Gasteiger partial charge in [0, 0.05) is 19.2 Å². The van der Waals surface area contributed by atoms with Gasteiger partial charge in [-0.15, -0.1) is 0 Å². The average molecular weight is 453 g/mol. The lowest BCUT2D eigenvalue weighted by Crippen LogP contribution is -2.54. The minimum Gasteiger partial charge on any atom is -0.373 e. The van der Waals surface area contributed by atoms with Gasteiger partial charge in [0.25, 0.3) is 6.43 Å². The lowest BCUT2D eigenvalue weighted by molar-refractivity contribution is 0.0195. The van der Waals surface area contributed by atoms with E-state index in [1.807, 2.05) is 11.8 Å². The van der Waals surface area contributed by atoms with Crippen molar-refractivity contribution in [2.24, 2.45) is 0 Å². The summed E-state index contributed by atoms with van der Waals surface area (Å²) in [4.78, 5) is 14.8. The molecule has 1 aliphatic rings. The number of anilines is 1. The van der Waals surface area contributed by atoms with Crippen molar-refractivity contribution in [2.45, 2.75) is 25.5 Å². The molecule has 10 nitrogen and oxygen atoms in total. The Bertz CT molecular complexity index is 1190. The number of alkyl halides is 2. The fourth-order valence-corrected chi connectivity index (χ4v) is 3.92. The highest BCUT2D eigenvalue weighted by atomic mass is 32.2. The Labute approximate surface area is 177 Å². The summed E-state index contributed by atoms with van der Waals surface area (Å²) in [5.74, 6) is 0.602. The number of ether oxygens (including phenoxy) is 1. The van der Waals surface area contributed by atoms with Crippen LogP contribution in [0.1, 0.15) is 19.0 Å². The Morgan fingerprint density at radius 1 is 1.29 bits per heavy atom. The van der Waals surface area contributed by atoms with E-state index in [2.05, 4.69) is 24.8 Å². The SMILES string of the molecule is CC1C(CNS(C)(=O)=O)OCCN1c1cc(-c2cnc3ccc(C(F)F)nn23)ncn1. The zero-order valence-electron chi connectivity index (χ0n) is 16.8. The van der Waals surface area contributed by atoms with Crippen LogP contribution in [0.3, 0.4) is 0 Å². The maximum Gasteiger partial charge on any atom is 0.282 e. The van der Waals surface area contributed by atoms with Crippen LogP contribution >= 0.6 is 0 Å². The molecule has 4 rings (SSSR count). The van der Waals surface area contributed by atoms with Crippen LogP contribution in [0.25, 0.3) is 17.0 Å². The molecule has 0 aromatic carbocycles. The third-order valence-electron chi connectivity index (χ3n) is 5.06. The van der Waals surface area contributed by atoms with Crippen molar-refractivity contribution in [1.29, 1.82) is 0 Å². The summed E-state index contributed by atoms with van der Waals surface area (Å²) in [5, 5.41) is 3.97. The summed E-state index contributed by atoms with van der Waals surface area (Å²) in [6.45, 7) is 3.00. The normalized spacial score (nSPS) is 20.0. The van der Waals surface area contributed by atoms with Crippen molar-refractivity contribution < 1.29 is 21.9 Å². The van der Waals surface area contributed by atoms with Crippen LogP contribution in [0, 0.1) is 0 Å². The third kappa shape index (κ3) is 4.62. The van der Waals surface area contributed by atoms with E-state index >= 15 is 0 Å². The monoisotopic (exact) mass is 453 g/mol. The number of rotatable bonds is 6. The van der Waals surface area contributed by atoms with Crippen LogP contribution in [0.4, 0.5) is 14.6 Å². The number of aromatic nitrogens is 5. The first-order chi connectivity index (χ1) is 14.7. The highest BCUT2D eigenvalue weighted by molar-refractivity contribution is 7.88. The first-order valence-electron chi connectivity index (χ1n) is 9.51. The van der Waals surface area contributed by atoms with E-state index in [-0.39, 0.29) is 24.4 Å². The maximum absolute atomic E-state index is 13.1. The van der Waals surface area contributed by atoms with E-state index < -0.39 is 16.4 Å². The molecule has 31 heavy (non-hydrogen) atoms. The van der Waals surface area contributed by atoms with Gasteiger partial charge in [0.15, 0.2) is 5.65 Å². The lowest BCUT2D eigenvalue weighted by Gasteiger charge is -2.40. The topological polar surface area (TPSA) is 115 Å². The van der Waals surface area contributed by atoms with E-state index in [9.17, 15) is 17.2 Å². The Hall–Kier alpha value is -2.77. The predicted octanol–water partition coefficient (Wildman–Crippen LogP) is 1.27. The van der Waals surface area contributed by atoms with Crippen LogP contribution in [0.2, 0.25) is 0 Å². The first kappa shape index (κ1) is 21.5. The van der Waals surface area contributed by atoms with Crippen molar-refractivity contribution in [3.8, 4) is 11.4 Å². The summed E-state index contributed by atoms with van der Waals surface area (Å²) in [5.41, 5.74) is 0.994. The number of fused-ring (bicyclic) bond motifs is 1. The predicted molar refractivity (Wildman–Crippen MR) is 108 cm³/mol. The van der Waals surface area contributed by atoms with E-state index in [1.165, 1.54) is 29.2 Å². The number of nitrogens with one attached hydrogen (secondary N) is 1. The van der Waals surface area contributed by atoms with Gasteiger partial charge in [0.05, 0.1) is 36.9 Å². The fourth-order valence-electron chi connectivity index (χ4n) is 3.45. The number of hydrogen-bond acceptors (Lipinski definition) is 8. The van der Waals surface area contributed by atoms with Gasteiger partial charge in [-0.05, 0) is 19.1 Å². The quantitative estimate of drug-likeness (QED) is 0.594. The lowest BCUT2D eigenvalue weighted by atomic mass is 10.1. The Kier molecular flexibility index (Phi) is 5.81. The summed E-state index contributed by atoms with van der Waals surface area (Å²) < 4.78 is 58.5. The minimum atomic E-state index is -3.34. The molecular formula is C18H21F2N7O3S. The molecule has 166 valence electrons. The smallest absolute Gasteiger partial charge is 0.282 e. The van der Waals surface area contributed by atoms with Crippen molar-refractivity contribution in [3.05, 3.63) is 36.4 Å². The van der Waals surface area contributed by atoms with Gasteiger partial charge in [0.1, 0.15) is 23.5 Å². The van der Waals surface area contributed by atoms with Gasteiger partial charge in [-0.3, -0.25) is 0 Å². The molecule has 3 aromatic heterocycles. The van der Waals surface area contributed by atoms with Gasteiger partial charge in [-0.2, -0.15) is 5.10 Å². The van der Waals surface area contributed by atoms with Gasteiger partial charge in [0.2, 0.25) is 10.0 Å². The standard InChI is InChI=1S/C18H21F2N7O3S/c1-11-15(9-24-31(2,28)29)30-6-5-26(11)17-7-13(22-10-23-17)14-8-21-16-4-3-12(18(19)20)25-27(14)16/h3-4,7-8,10-11,15,18,24H,5-6,9H2,1-2H3. The molecule has 0 amide bonds. The van der Waals surface area contributed by atoms with Gasteiger partial charge in [-0.1, -0.05) is 0 Å². The number of morpholine rings is 1.